The van der Waals surface area contributed by atoms with Crippen LogP contribution in [0.1, 0.15) is 37.7 Å². The summed E-state index contributed by atoms with van der Waals surface area (Å²) in [6.45, 7) is 3.48. The number of aliphatic imine (C=N–C) groups is 1. The molecule has 2 aliphatic rings. The summed E-state index contributed by atoms with van der Waals surface area (Å²) in [5, 5.41) is 4.78. The van der Waals surface area contributed by atoms with Crippen LogP contribution in [0.5, 0.6) is 5.75 Å². The van der Waals surface area contributed by atoms with E-state index in [0.717, 1.165) is 44.0 Å². The lowest BCUT2D eigenvalue weighted by molar-refractivity contribution is 0.319. The maximum Gasteiger partial charge on any atom is 0.146 e. The standard InChI is InChI=1S/C24H29Cl2N3O/c25-19-10-11-23(21(26)16-19)30-17-24-28-22-9-2-1-6-18(22)12-15-29(24)14-5-8-20-7-3-4-13-27-20/h1-2,6,9-11,16,20,27H,3-5,7-8,12-15,17H2. The SMILES string of the molecule is Clc1ccc(OCC2=Nc3ccccc3CCN2CCCC2CCCCN2)c(Cl)c1. The van der Waals surface area contributed by atoms with Gasteiger partial charge in [-0.1, -0.05) is 47.8 Å². The maximum absolute atomic E-state index is 6.30. The van der Waals surface area contributed by atoms with Crippen LogP contribution in [-0.2, 0) is 6.42 Å². The quantitative estimate of drug-likeness (QED) is 0.577. The van der Waals surface area contributed by atoms with E-state index in [9.17, 15) is 0 Å². The Morgan fingerprint density at radius 2 is 2.03 bits per heavy atom. The molecule has 2 aromatic rings. The van der Waals surface area contributed by atoms with E-state index in [1.54, 1.807) is 12.1 Å². The summed E-state index contributed by atoms with van der Waals surface area (Å²) in [7, 11) is 0. The number of halogens is 2. The van der Waals surface area contributed by atoms with E-state index in [1.165, 1.54) is 31.2 Å². The third kappa shape index (κ3) is 5.69. The van der Waals surface area contributed by atoms with E-state index < -0.39 is 0 Å². The minimum absolute atomic E-state index is 0.386. The zero-order chi connectivity index (χ0) is 20.8. The van der Waals surface area contributed by atoms with Gasteiger partial charge in [-0.05, 0) is 68.5 Å². The Morgan fingerprint density at radius 3 is 2.87 bits per heavy atom. The van der Waals surface area contributed by atoms with Crippen LogP contribution in [0.2, 0.25) is 10.0 Å². The van der Waals surface area contributed by atoms with Gasteiger partial charge in [-0.25, -0.2) is 4.99 Å². The van der Waals surface area contributed by atoms with E-state index in [1.807, 2.05) is 12.1 Å². The van der Waals surface area contributed by atoms with Crippen molar-refractivity contribution in [2.24, 2.45) is 4.99 Å². The minimum Gasteiger partial charge on any atom is -0.484 e. The second-order valence-electron chi connectivity index (χ2n) is 8.05. The molecule has 1 atom stereocenters. The number of nitrogens with one attached hydrogen (secondary N) is 1. The molecule has 0 amide bonds. The highest BCUT2D eigenvalue weighted by Gasteiger charge is 2.19. The van der Waals surface area contributed by atoms with Crippen molar-refractivity contribution in [3.63, 3.8) is 0 Å². The smallest absolute Gasteiger partial charge is 0.146 e. The lowest BCUT2D eigenvalue weighted by Crippen LogP contribution is -2.38. The van der Waals surface area contributed by atoms with Crippen molar-refractivity contribution in [3.8, 4) is 5.75 Å². The van der Waals surface area contributed by atoms with E-state index in [0.29, 0.717) is 28.4 Å². The molecule has 0 bridgehead atoms. The zero-order valence-electron chi connectivity index (χ0n) is 17.2. The molecule has 0 spiro atoms. The Kier molecular flexibility index (Phi) is 7.53. The van der Waals surface area contributed by atoms with Crippen molar-refractivity contribution < 1.29 is 4.74 Å². The van der Waals surface area contributed by atoms with Crippen molar-refractivity contribution in [2.45, 2.75) is 44.6 Å². The zero-order valence-corrected chi connectivity index (χ0v) is 18.8. The molecule has 2 aliphatic heterocycles. The maximum atomic E-state index is 6.30. The van der Waals surface area contributed by atoms with Gasteiger partial charge in [0, 0.05) is 24.2 Å². The molecule has 1 saturated heterocycles. The van der Waals surface area contributed by atoms with Crippen LogP contribution in [-0.4, -0.2) is 43.0 Å². The molecule has 0 aliphatic carbocycles. The fourth-order valence-electron chi connectivity index (χ4n) is 4.22. The van der Waals surface area contributed by atoms with Gasteiger partial charge in [0.15, 0.2) is 0 Å². The van der Waals surface area contributed by atoms with Crippen LogP contribution >= 0.6 is 23.2 Å². The second kappa shape index (κ2) is 10.5. The molecule has 0 aromatic heterocycles. The number of hydrogen-bond acceptors (Lipinski definition) is 4. The van der Waals surface area contributed by atoms with Crippen LogP contribution < -0.4 is 10.1 Å². The molecular weight excluding hydrogens is 417 g/mol. The highest BCUT2D eigenvalue weighted by atomic mass is 35.5. The topological polar surface area (TPSA) is 36.9 Å². The molecule has 4 nitrogen and oxygen atoms in total. The fraction of sp³-hybridized carbons (Fsp3) is 0.458. The van der Waals surface area contributed by atoms with Gasteiger partial charge in [-0.2, -0.15) is 0 Å². The van der Waals surface area contributed by atoms with E-state index in [-0.39, 0.29) is 0 Å². The third-order valence-electron chi connectivity index (χ3n) is 5.90. The molecule has 2 aromatic carbocycles. The number of fused-ring (bicyclic) bond motifs is 1. The fourth-order valence-corrected chi connectivity index (χ4v) is 4.69. The van der Waals surface area contributed by atoms with Gasteiger partial charge in [0.2, 0.25) is 0 Å². The first-order valence-corrected chi connectivity index (χ1v) is 11.7. The number of rotatable bonds is 7. The van der Waals surface area contributed by atoms with Gasteiger partial charge in [0.1, 0.15) is 18.2 Å². The molecule has 160 valence electrons. The number of para-hydroxylation sites is 1. The van der Waals surface area contributed by atoms with Crippen molar-refractivity contribution in [2.75, 3.05) is 26.2 Å². The molecule has 30 heavy (non-hydrogen) atoms. The van der Waals surface area contributed by atoms with Crippen molar-refractivity contribution >= 4 is 34.7 Å². The van der Waals surface area contributed by atoms with Gasteiger partial charge in [-0.15, -0.1) is 0 Å². The van der Waals surface area contributed by atoms with Crippen LogP contribution in [0, 0.1) is 0 Å². The summed E-state index contributed by atoms with van der Waals surface area (Å²) in [4.78, 5) is 7.36. The molecule has 6 heteroatoms. The summed E-state index contributed by atoms with van der Waals surface area (Å²) in [6, 6.07) is 14.4. The highest BCUT2D eigenvalue weighted by molar-refractivity contribution is 6.35. The average Bonchev–Trinajstić information content (AvgIpc) is 2.93. The Labute approximate surface area is 189 Å². The molecule has 1 fully saturated rings. The van der Waals surface area contributed by atoms with Crippen LogP contribution in [0.25, 0.3) is 0 Å². The first-order valence-electron chi connectivity index (χ1n) is 10.9. The van der Waals surface area contributed by atoms with Crippen LogP contribution in [0.15, 0.2) is 47.5 Å². The van der Waals surface area contributed by atoms with Crippen molar-refractivity contribution in [3.05, 3.63) is 58.1 Å². The Hall–Kier alpha value is -1.75. The summed E-state index contributed by atoms with van der Waals surface area (Å²) < 4.78 is 6.05. The van der Waals surface area contributed by atoms with Gasteiger partial charge in [0.05, 0.1) is 10.7 Å². The second-order valence-corrected chi connectivity index (χ2v) is 8.89. The van der Waals surface area contributed by atoms with Gasteiger partial charge >= 0.3 is 0 Å². The third-order valence-corrected chi connectivity index (χ3v) is 6.43. The molecular formula is C24H29Cl2N3O. The number of ether oxygens (including phenoxy) is 1. The highest BCUT2D eigenvalue weighted by Crippen LogP contribution is 2.28. The van der Waals surface area contributed by atoms with Gasteiger partial charge in [0.25, 0.3) is 0 Å². The number of benzene rings is 2. The number of nitrogens with zero attached hydrogens (tertiary/aromatic N) is 2. The summed E-state index contributed by atoms with van der Waals surface area (Å²) in [5.74, 6) is 1.59. The lowest BCUT2D eigenvalue weighted by atomic mass is 10.0. The summed E-state index contributed by atoms with van der Waals surface area (Å²) >= 11 is 12.3. The van der Waals surface area contributed by atoms with E-state index in [4.69, 9.17) is 32.9 Å². The van der Waals surface area contributed by atoms with E-state index >= 15 is 0 Å². The predicted molar refractivity (Wildman–Crippen MR) is 126 cm³/mol. The molecule has 2 heterocycles. The Balaban J connectivity index is 1.44. The molecule has 0 saturated carbocycles. The first-order chi connectivity index (χ1) is 14.7. The largest absolute Gasteiger partial charge is 0.484 e. The summed E-state index contributed by atoms with van der Waals surface area (Å²) in [6.07, 6.45) is 7.30. The van der Waals surface area contributed by atoms with Crippen molar-refractivity contribution in [1.29, 1.82) is 0 Å². The molecule has 0 radical (unpaired) electrons. The summed E-state index contributed by atoms with van der Waals surface area (Å²) in [5.41, 5.74) is 2.32. The molecule has 1 unspecified atom stereocenters. The molecule has 1 N–H and O–H groups in total. The number of amidine groups is 1. The van der Waals surface area contributed by atoms with Crippen LogP contribution in [0.4, 0.5) is 5.69 Å². The average molecular weight is 446 g/mol. The van der Waals surface area contributed by atoms with E-state index in [2.05, 4.69) is 28.4 Å². The normalized spacial score (nSPS) is 19.1. The predicted octanol–water partition coefficient (Wildman–Crippen LogP) is 5.88. The number of piperidine rings is 1. The first kappa shape index (κ1) is 21.5. The van der Waals surface area contributed by atoms with Crippen molar-refractivity contribution in [1.82, 2.24) is 10.2 Å². The lowest BCUT2D eigenvalue weighted by Gasteiger charge is -2.27. The van der Waals surface area contributed by atoms with Gasteiger partial charge < -0.3 is 15.0 Å². The Bertz CT molecular complexity index is 881. The van der Waals surface area contributed by atoms with Gasteiger partial charge in [-0.3, -0.25) is 0 Å². The van der Waals surface area contributed by atoms with Crippen LogP contribution in [0.3, 0.4) is 0 Å². The molecule has 4 rings (SSSR count). The number of hydrogen-bond donors (Lipinski definition) is 1. The Morgan fingerprint density at radius 1 is 1.13 bits per heavy atom. The minimum atomic E-state index is 0.386. The monoisotopic (exact) mass is 445 g/mol.